The molecule has 0 aliphatic carbocycles. The van der Waals surface area contributed by atoms with Gasteiger partial charge < -0.3 is 14.8 Å². The largest absolute Gasteiger partial charge is 0.468 e. The lowest BCUT2D eigenvalue weighted by atomic mass is 9.62. The Labute approximate surface area is 201 Å². The Balaban J connectivity index is 2.02. The second-order valence-electron chi connectivity index (χ2n) is 8.12. The molecule has 0 bridgehead atoms. The summed E-state index contributed by atoms with van der Waals surface area (Å²) in [6.45, 7) is 3.64. The molecule has 3 unspecified atom stereocenters. The van der Waals surface area contributed by atoms with E-state index in [0.717, 1.165) is 5.56 Å². The Morgan fingerprint density at radius 1 is 1.06 bits per heavy atom. The van der Waals surface area contributed by atoms with Crippen LogP contribution in [0, 0.1) is 5.82 Å². The number of esters is 2. The molecule has 0 spiro atoms. The van der Waals surface area contributed by atoms with E-state index in [1.807, 2.05) is 37.3 Å². The number of aromatic nitrogens is 1. The first-order valence-corrected chi connectivity index (χ1v) is 11.6. The molecule has 8 heteroatoms. The van der Waals surface area contributed by atoms with Crippen LogP contribution in [0.25, 0.3) is 11.3 Å². The van der Waals surface area contributed by atoms with E-state index in [-0.39, 0.29) is 0 Å². The molecule has 0 fully saturated rings. The van der Waals surface area contributed by atoms with Gasteiger partial charge in [-0.25, -0.2) is 14.2 Å². The minimum Gasteiger partial charge on any atom is -0.468 e. The van der Waals surface area contributed by atoms with Gasteiger partial charge in [0.15, 0.2) is 5.41 Å². The Hall–Kier alpha value is -3.52. The van der Waals surface area contributed by atoms with E-state index in [4.69, 9.17) is 14.5 Å². The summed E-state index contributed by atoms with van der Waals surface area (Å²) >= 11 is 1.23. The van der Waals surface area contributed by atoms with Gasteiger partial charge in [0.25, 0.3) is 0 Å². The Morgan fingerprint density at radius 2 is 1.74 bits per heavy atom. The molecule has 0 radical (unpaired) electrons. The molecule has 0 amide bonds. The zero-order valence-corrected chi connectivity index (χ0v) is 20.1. The molecule has 3 aromatic rings. The molecule has 0 saturated carbocycles. The normalized spacial score (nSPS) is 22.1. The van der Waals surface area contributed by atoms with Gasteiger partial charge in [-0.05, 0) is 31.5 Å². The lowest BCUT2D eigenvalue weighted by Gasteiger charge is -2.46. The van der Waals surface area contributed by atoms with Crippen LogP contribution in [0.3, 0.4) is 0 Å². The van der Waals surface area contributed by atoms with Crippen molar-refractivity contribution in [2.24, 2.45) is 0 Å². The van der Waals surface area contributed by atoms with E-state index in [0.29, 0.717) is 27.5 Å². The summed E-state index contributed by atoms with van der Waals surface area (Å²) < 4.78 is 25.0. The fourth-order valence-electron chi connectivity index (χ4n) is 4.78. The van der Waals surface area contributed by atoms with Gasteiger partial charge in [-0.2, -0.15) is 0 Å². The van der Waals surface area contributed by atoms with Crippen LogP contribution in [0.1, 0.15) is 30.3 Å². The maximum atomic E-state index is 14.5. The summed E-state index contributed by atoms with van der Waals surface area (Å²) in [6, 6.07) is 15.1. The molecule has 1 aliphatic rings. The number of hydrogen-bond acceptors (Lipinski definition) is 7. The summed E-state index contributed by atoms with van der Waals surface area (Å²) in [5.74, 6) is -2.26. The maximum absolute atomic E-state index is 14.5. The monoisotopic (exact) mass is 480 g/mol. The van der Waals surface area contributed by atoms with Crippen molar-refractivity contribution >= 4 is 23.3 Å². The van der Waals surface area contributed by atoms with Crippen LogP contribution in [0.2, 0.25) is 0 Å². The predicted octanol–water partition coefficient (Wildman–Crippen LogP) is 4.58. The molecule has 4 rings (SSSR count). The average molecular weight is 481 g/mol. The number of rotatable bonds is 5. The molecular weight excluding hydrogens is 455 g/mol. The second kappa shape index (κ2) is 9.38. The number of carbonyl (C=O) groups is 2. The van der Waals surface area contributed by atoms with Crippen LogP contribution < -0.4 is 5.32 Å². The van der Waals surface area contributed by atoms with Crippen molar-refractivity contribution in [3.63, 3.8) is 0 Å². The van der Waals surface area contributed by atoms with Gasteiger partial charge in [-0.15, -0.1) is 11.3 Å². The number of allylic oxidation sites excluding steroid dienone is 1. The first kappa shape index (κ1) is 23.6. The number of nitrogens with one attached hydrogen (secondary N) is 1. The van der Waals surface area contributed by atoms with Crippen molar-refractivity contribution in [3.8, 4) is 11.3 Å². The molecule has 2 heterocycles. The minimum atomic E-state index is -1.41. The van der Waals surface area contributed by atoms with E-state index in [1.165, 1.54) is 31.6 Å². The third-order valence-corrected chi connectivity index (χ3v) is 7.33. The molecule has 176 valence electrons. The molecule has 2 aromatic carbocycles. The molecule has 3 atom stereocenters. The van der Waals surface area contributed by atoms with Crippen LogP contribution in [-0.4, -0.2) is 37.2 Å². The van der Waals surface area contributed by atoms with Gasteiger partial charge in [-0.1, -0.05) is 42.5 Å². The molecular formula is C26H25FN2O4S. The second-order valence-corrected chi connectivity index (χ2v) is 8.98. The molecule has 1 aromatic heterocycles. The van der Waals surface area contributed by atoms with E-state index in [2.05, 4.69) is 5.32 Å². The summed E-state index contributed by atoms with van der Waals surface area (Å²) in [7, 11) is 2.62. The molecule has 6 nitrogen and oxygen atoms in total. The average Bonchev–Trinajstić information content (AvgIpc) is 3.34. The summed E-state index contributed by atoms with van der Waals surface area (Å²) in [5, 5.41) is 5.42. The summed E-state index contributed by atoms with van der Waals surface area (Å²) in [5.41, 5.74) is 0.999. The summed E-state index contributed by atoms with van der Waals surface area (Å²) in [4.78, 5) is 31.5. The van der Waals surface area contributed by atoms with Crippen LogP contribution in [0.5, 0.6) is 0 Å². The van der Waals surface area contributed by atoms with Gasteiger partial charge in [-0.3, -0.25) is 4.79 Å². The quantitative estimate of drug-likeness (QED) is 0.539. The van der Waals surface area contributed by atoms with Crippen molar-refractivity contribution < 1.29 is 23.5 Å². The fourth-order valence-corrected chi connectivity index (χ4v) is 5.91. The zero-order valence-electron chi connectivity index (χ0n) is 19.3. The number of thiazole rings is 1. The SMILES string of the molecule is COC(=O)C1=C(C)NC(C)C(C(=O)OC)(c2nc(-c3ccccc3F)cs2)C1c1ccccc1. The van der Waals surface area contributed by atoms with Gasteiger partial charge in [0, 0.05) is 28.6 Å². The van der Waals surface area contributed by atoms with Gasteiger partial charge in [0.05, 0.1) is 25.5 Å². The van der Waals surface area contributed by atoms with Crippen molar-refractivity contribution in [1.82, 2.24) is 10.3 Å². The third-order valence-electron chi connectivity index (χ3n) is 6.33. The molecule has 1 aliphatic heterocycles. The maximum Gasteiger partial charge on any atom is 0.336 e. The Morgan fingerprint density at radius 3 is 2.38 bits per heavy atom. The van der Waals surface area contributed by atoms with Crippen LogP contribution in [0.4, 0.5) is 4.39 Å². The highest BCUT2D eigenvalue weighted by Gasteiger charge is 2.60. The fraction of sp³-hybridized carbons (Fsp3) is 0.269. The topological polar surface area (TPSA) is 77.5 Å². The Kier molecular flexibility index (Phi) is 6.52. The number of nitrogens with zero attached hydrogens (tertiary/aromatic N) is 1. The number of hydrogen-bond donors (Lipinski definition) is 1. The van der Waals surface area contributed by atoms with E-state index in [9.17, 15) is 14.0 Å². The lowest BCUT2D eigenvalue weighted by Crippen LogP contribution is -2.60. The number of benzene rings is 2. The molecule has 1 N–H and O–H groups in total. The van der Waals surface area contributed by atoms with E-state index in [1.54, 1.807) is 30.5 Å². The number of carbonyl (C=O) groups excluding carboxylic acids is 2. The Bertz CT molecular complexity index is 1260. The number of halogens is 1. The highest BCUT2D eigenvalue weighted by molar-refractivity contribution is 7.10. The molecule has 34 heavy (non-hydrogen) atoms. The van der Waals surface area contributed by atoms with Crippen molar-refractivity contribution in [3.05, 3.63) is 87.6 Å². The van der Waals surface area contributed by atoms with Crippen molar-refractivity contribution in [2.45, 2.75) is 31.2 Å². The van der Waals surface area contributed by atoms with Crippen molar-refractivity contribution in [1.29, 1.82) is 0 Å². The highest BCUT2D eigenvalue weighted by Crippen LogP contribution is 2.51. The molecule has 0 saturated heterocycles. The number of methoxy groups -OCH3 is 2. The zero-order chi connectivity index (χ0) is 24.5. The van der Waals surface area contributed by atoms with Crippen LogP contribution in [-0.2, 0) is 24.5 Å². The third kappa shape index (κ3) is 3.68. The van der Waals surface area contributed by atoms with Gasteiger partial charge in [0.1, 0.15) is 10.8 Å². The highest BCUT2D eigenvalue weighted by atomic mass is 32.1. The first-order chi connectivity index (χ1) is 16.4. The smallest absolute Gasteiger partial charge is 0.336 e. The van der Waals surface area contributed by atoms with Gasteiger partial charge in [0.2, 0.25) is 0 Å². The van der Waals surface area contributed by atoms with Crippen molar-refractivity contribution in [2.75, 3.05) is 14.2 Å². The lowest BCUT2D eigenvalue weighted by molar-refractivity contribution is -0.150. The standard InChI is InChI=1S/C26H25FN2O4S/c1-15-21(23(30)32-3)22(17-10-6-5-7-11-17)26(16(2)28-15,25(31)33-4)24-29-20(14-34-24)18-12-8-9-13-19(18)27/h5-14,16,22,28H,1-4H3. The van der Waals surface area contributed by atoms with E-state index >= 15 is 0 Å². The van der Waals surface area contributed by atoms with Gasteiger partial charge >= 0.3 is 11.9 Å². The minimum absolute atomic E-state index is 0.319. The summed E-state index contributed by atoms with van der Waals surface area (Å²) in [6.07, 6.45) is 0. The number of ether oxygens (including phenoxy) is 2. The first-order valence-electron chi connectivity index (χ1n) is 10.8. The predicted molar refractivity (Wildman–Crippen MR) is 128 cm³/mol. The van der Waals surface area contributed by atoms with Crippen LogP contribution >= 0.6 is 11.3 Å². The van der Waals surface area contributed by atoms with Crippen LogP contribution in [0.15, 0.2) is 71.2 Å². The van der Waals surface area contributed by atoms with E-state index < -0.39 is 35.1 Å².